The molecule has 1 saturated heterocycles. The number of carbonyl (C=O) groups is 2. The zero-order valence-electron chi connectivity index (χ0n) is 13.5. The predicted molar refractivity (Wildman–Crippen MR) is 82.7 cm³/mol. The van der Waals surface area contributed by atoms with Gasteiger partial charge in [0.2, 0.25) is 0 Å². The van der Waals surface area contributed by atoms with Crippen molar-refractivity contribution >= 4 is 12.0 Å². The Morgan fingerprint density at radius 2 is 2.22 bits per heavy atom. The summed E-state index contributed by atoms with van der Waals surface area (Å²) in [5, 5.41) is 12.4. The molecule has 7 nitrogen and oxygen atoms in total. The number of amides is 2. The lowest BCUT2D eigenvalue weighted by Gasteiger charge is -2.23. The van der Waals surface area contributed by atoms with Crippen LogP contribution in [0.1, 0.15) is 36.5 Å². The van der Waals surface area contributed by atoms with Gasteiger partial charge in [0, 0.05) is 18.8 Å². The number of nitrogens with one attached hydrogen (secondary N) is 1. The average Bonchev–Trinajstić information content (AvgIpc) is 3.01. The van der Waals surface area contributed by atoms with E-state index in [2.05, 4.69) is 15.3 Å². The third-order valence-corrected chi connectivity index (χ3v) is 5.02. The number of urea groups is 1. The SMILES string of the molecule is Cc1cc(CNC(=O)N2C[C@@H]3CCC[C@@]3(C(=O)O)C2)nc(C)n1. The van der Waals surface area contributed by atoms with Gasteiger partial charge in [0.1, 0.15) is 5.82 Å². The highest BCUT2D eigenvalue weighted by Crippen LogP contribution is 2.48. The van der Waals surface area contributed by atoms with Crippen LogP contribution in [-0.2, 0) is 11.3 Å². The number of rotatable bonds is 3. The molecule has 0 bridgehead atoms. The normalized spacial score (nSPS) is 26.2. The van der Waals surface area contributed by atoms with Gasteiger partial charge < -0.3 is 15.3 Å². The van der Waals surface area contributed by atoms with E-state index in [1.54, 1.807) is 4.90 Å². The summed E-state index contributed by atoms with van der Waals surface area (Å²) >= 11 is 0. The van der Waals surface area contributed by atoms with Crippen LogP contribution in [0.2, 0.25) is 0 Å². The van der Waals surface area contributed by atoms with E-state index in [0.717, 1.165) is 24.2 Å². The maximum atomic E-state index is 12.4. The summed E-state index contributed by atoms with van der Waals surface area (Å²) in [7, 11) is 0. The summed E-state index contributed by atoms with van der Waals surface area (Å²) in [5.41, 5.74) is 0.886. The van der Waals surface area contributed by atoms with E-state index < -0.39 is 11.4 Å². The topological polar surface area (TPSA) is 95.4 Å². The summed E-state index contributed by atoms with van der Waals surface area (Å²) < 4.78 is 0. The minimum absolute atomic E-state index is 0.0780. The highest BCUT2D eigenvalue weighted by molar-refractivity contribution is 5.80. The van der Waals surface area contributed by atoms with Crippen molar-refractivity contribution in [2.24, 2.45) is 11.3 Å². The molecular formula is C16H22N4O3. The van der Waals surface area contributed by atoms with Crippen molar-refractivity contribution in [1.29, 1.82) is 0 Å². The van der Waals surface area contributed by atoms with Gasteiger partial charge in [0.15, 0.2) is 0 Å². The molecule has 2 atom stereocenters. The Morgan fingerprint density at radius 3 is 2.87 bits per heavy atom. The van der Waals surface area contributed by atoms with Crippen molar-refractivity contribution in [3.05, 3.63) is 23.3 Å². The van der Waals surface area contributed by atoms with Crippen LogP contribution >= 0.6 is 0 Å². The fourth-order valence-electron chi connectivity index (χ4n) is 3.96. The molecule has 3 rings (SSSR count). The van der Waals surface area contributed by atoms with Gasteiger partial charge >= 0.3 is 12.0 Å². The molecule has 0 spiro atoms. The molecular weight excluding hydrogens is 296 g/mol. The zero-order valence-corrected chi connectivity index (χ0v) is 13.5. The van der Waals surface area contributed by atoms with Crippen molar-refractivity contribution in [3.8, 4) is 0 Å². The van der Waals surface area contributed by atoms with E-state index >= 15 is 0 Å². The standard InChI is InChI=1S/C16H22N4O3/c1-10-6-13(19-11(2)18-10)7-17-15(23)20-8-12-4-3-5-16(12,9-20)14(21)22/h6,12H,3-5,7-9H2,1-2H3,(H,17,23)(H,21,22)/t12-,16+/m0/s1. The highest BCUT2D eigenvalue weighted by Gasteiger charge is 2.55. The molecule has 1 aliphatic carbocycles. The second kappa shape index (κ2) is 5.79. The minimum Gasteiger partial charge on any atom is -0.481 e. The number of fused-ring (bicyclic) bond motifs is 1. The third-order valence-electron chi connectivity index (χ3n) is 5.02. The maximum absolute atomic E-state index is 12.4. The molecule has 2 fully saturated rings. The summed E-state index contributed by atoms with van der Waals surface area (Å²) in [6, 6.07) is 1.62. The fourth-order valence-corrected chi connectivity index (χ4v) is 3.96. The highest BCUT2D eigenvalue weighted by atomic mass is 16.4. The molecule has 2 N–H and O–H groups in total. The predicted octanol–water partition coefficient (Wildman–Crippen LogP) is 1.49. The summed E-state index contributed by atoms with van der Waals surface area (Å²) in [4.78, 5) is 34.2. The first-order valence-corrected chi connectivity index (χ1v) is 7.98. The number of carboxylic acid groups (broad SMARTS) is 1. The summed E-state index contributed by atoms with van der Waals surface area (Å²) in [6.45, 7) is 4.86. The number of hydrogen-bond donors (Lipinski definition) is 2. The Morgan fingerprint density at radius 1 is 1.43 bits per heavy atom. The van der Waals surface area contributed by atoms with Gasteiger partial charge in [-0.15, -0.1) is 0 Å². The molecule has 1 saturated carbocycles. The lowest BCUT2D eigenvalue weighted by atomic mass is 9.81. The van der Waals surface area contributed by atoms with Gasteiger partial charge in [-0.05, 0) is 38.7 Å². The zero-order chi connectivity index (χ0) is 16.6. The van der Waals surface area contributed by atoms with E-state index in [1.165, 1.54) is 0 Å². The quantitative estimate of drug-likeness (QED) is 0.880. The molecule has 2 heterocycles. The Balaban J connectivity index is 1.62. The number of nitrogens with zero attached hydrogens (tertiary/aromatic N) is 3. The number of aliphatic carboxylic acids is 1. The second-order valence-corrected chi connectivity index (χ2v) is 6.64. The van der Waals surface area contributed by atoms with Gasteiger partial charge in [0.05, 0.1) is 17.7 Å². The van der Waals surface area contributed by atoms with Crippen molar-refractivity contribution in [2.75, 3.05) is 13.1 Å². The van der Waals surface area contributed by atoms with Gasteiger partial charge in [-0.3, -0.25) is 4.79 Å². The molecule has 0 radical (unpaired) electrons. The fraction of sp³-hybridized carbons (Fsp3) is 0.625. The molecule has 124 valence electrons. The monoisotopic (exact) mass is 318 g/mol. The number of hydrogen-bond acceptors (Lipinski definition) is 4. The largest absolute Gasteiger partial charge is 0.481 e. The molecule has 0 aromatic carbocycles. The lowest BCUT2D eigenvalue weighted by molar-refractivity contribution is -0.149. The Kier molecular flexibility index (Phi) is 3.95. The van der Waals surface area contributed by atoms with Gasteiger partial charge in [-0.2, -0.15) is 0 Å². The molecule has 23 heavy (non-hydrogen) atoms. The average molecular weight is 318 g/mol. The van der Waals surface area contributed by atoms with Crippen molar-refractivity contribution in [1.82, 2.24) is 20.2 Å². The third kappa shape index (κ3) is 2.87. The Hall–Kier alpha value is -2.18. The van der Waals surface area contributed by atoms with Crippen LogP contribution in [0.3, 0.4) is 0 Å². The van der Waals surface area contributed by atoms with Crippen molar-refractivity contribution < 1.29 is 14.7 Å². The number of carbonyl (C=O) groups excluding carboxylic acids is 1. The molecule has 1 aromatic heterocycles. The molecule has 7 heteroatoms. The van der Waals surface area contributed by atoms with E-state index in [1.807, 2.05) is 19.9 Å². The van der Waals surface area contributed by atoms with Crippen LogP contribution in [0, 0.1) is 25.2 Å². The first-order chi connectivity index (χ1) is 10.9. The maximum Gasteiger partial charge on any atom is 0.317 e. The van der Waals surface area contributed by atoms with E-state index in [9.17, 15) is 14.7 Å². The number of aryl methyl sites for hydroxylation is 2. The van der Waals surface area contributed by atoms with Crippen LogP contribution in [0.4, 0.5) is 4.79 Å². The van der Waals surface area contributed by atoms with E-state index in [0.29, 0.717) is 31.9 Å². The van der Waals surface area contributed by atoms with Gasteiger partial charge in [-0.25, -0.2) is 14.8 Å². The molecule has 2 aliphatic rings. The molecule has 1 aliphatic heterocycles. The molecule has 0 unspecified atom stereocenters. The van der Waals surface area contributed by atoms with Crippen LogP contribution in [0.25, 0.3) is 0 Å². The Bertz CT molecular complexity index is 628. The number of likely N-dealkylation sites (tertiary alicyclic amines) is 1. The summed E-state index contributed by atoms with van der Waals surface area (Å²) in [6.07, 6.45) is 2.49. The Labute approximate surface area is 135 Å². The summed E-state index contributed by atoms with van der Waals surface area (Å²) in [5.74, 6) is -0.0126. The van der Waals surface area contributed by atoms with Crippen molar-refractivity contribution in [2.45, 2.75) is 39.7 Å². The number of aromatic nitrogens is 2. The number of carboxylic acids is 1. The van der Waals surface area contributed by atoms with Crippen LogP contribution in [-0.4, -0.2) is 45.1 Å². The van der Waals surface area contributed by atoms with Crippen LogP contribution < -0.4 is 5.32 Å². The van der Waals surface area contributed by atoms with E-state index in [-0.39, 0.29) is 11.9 Å². The second-order valence-electron chi connectivity index (χ2n) is 6.64. The smallest absolute Gasteiger partial charge is 0.317 e. The first kappa shape index (κ1) is 15.7. The van der Waals surface area contributed by atoms with Crippen LogP contribution in [0.5, 0.6) is 0 Å². The van der Waals surface area contributed by atoms with Crippen LogP contribution in [0.15, 0.2) is 6.07 Å². The first-order valence-electron chi connectivity index (χ1n) is 7.98. The molecule has 2 amide bonds. The minimum atomic E-state index is -0.766. The van der Waals surface area contributed by atoms with E-state index in [4.69, 9.17) is 0 Å². The van der Waals surface area contributed by atoms with Gasteiger partial charge in [0.25, 0.3) is 0 Å². The van der Waals surface area contributed by atoms with Gasteiger partial charge in [-0.1, -0.05) is 6.42 Å². The lowest BCUT2D eigenvalue weighted by Crippen LogP contribution is -2.41. The molecule has 1 aromatic rings. The van der Waals surface area contributed by atoms with Crippen molar-refractivity contribution in [3.63, 3.8) is 0 Å².